The van der Waals surface area contributed by atoms with Gasteiger partial charge in [-0.25, -0.2) is 0 Å². The first kappa shape index (κ1) is 13.8. The van der Waals surface area contributed by atoms with Gasteiger partial charge in [0.25, 0.3) is 0 Å². The van der Waals surface area contributed by atoms with Crippen LogP contribution in [0, 0.1) is 0 Å². The number of rotatable bonds is 8. The van der Waals surface area contributed by atoms with Crippen molar-refractivity contribution in [1.82, 2.24) is 10.9 Å². The van der Waals surface area contributed by atoms with E-state index in [4.69, 9.17) is 9.47 Å². The van der Waals surface area contributed by atoms with Crippen molar-refractivity contribution in [3.63, 3.8) is 0 Å². The molecule has 4 heteroatoms. The zero-order valence-corrected chi connectivity index (χ0v) is 10.9. The fourth-order valence-corrected chi connectivity index (χ4v) is 1.51. The van der Waals surface area contributed by atoms with Crippen LogP contribution in [-0.2, 0) is 6.54 Å². The molecule has 96 valence electrons. The van der Waals surface area contributed by atoms with E-state index >= 15 is 0 Å². The second kappa shape index (κ2) is 7.92. The fourth-order valence-electron chi connectivity index (χ4n) is 1.51. The largest absolute Gasteiger partial charge is 0.497 e. The quantitative estimate of drug-likeness (QED) is 0.537. The zero-order valence-electron chi connectivity index (χ0n) is 10.9. The highest BCUT2D eigenvalue weighted by atomic mass is 16.5. The van der Waals surface area contributed by atoms with E-state index in [9.17, 15) is 0 Å². The molecule has 1 aromatic carbocycles. The molecular formula is C13H22N2O2. The standard InChI is InChI=1S/C13H22N2O2/c1-4-5-8-14-15-10-11-6-7-12(16-2)9-13(11)17-3/h6-7,9,14-15H,4-5,8,10H2,1-3H3. The first-order chi connectivity index (χ1) is 8.31. The molecule has 0 fully saturated rings. The Morgan fingerprint density at radius 3 is 2.59 bits per heavy atom. The number of unbranched alkanes of at least 4 members (excludes halogenated alkanes) is 1. The summed E-state index contributed by atoms with van der Waals surface area (Å²) in [5, 5.41) is 0. The molecule has 0 aliphatic heterocycles. The number of hydrazine groups is 1. The lowest BCUT2D eigenvalue weighted by Gasteiger charge is -2.11. The molecule has 2 N–H and O–H groups in total. The third kappa shape index (κ3) is 4.63. The molecule has 0 aliphatic carbocycles. The highest BCUT2D eigenvalue weighted by molar-refractivity contribution is 5.40. The van der Waals surface area contributed by atoms with Crippen LogP contribution in [0.5, 0.6) is 11.5 Å². The summed E-state index contributed by atoms with van der Waals surface area (Å²) in [7, 11) is 3.32. The maximum absolute atomic E-state index is 5.32. The number of benzene rings is 1. The van der Waals surface area contributed by atoms with E-state index in [1.165, 1.54) is 12.8 Å². The summed E-state index contributed by atoms with van der Waals surface area (Å²) in [6, 6.07) is 5.83. The zero-order chi connectivity index (χ0) is 12.5. The maximum atomic E-state index is 5.32. The summed E-state index contributed by atoms with van der Waals surface area (Å²) in [6.07, 6.45) is 2.37. The molecule has 4 nitrogen and oxygen atoms in total. The molecule has 0 radical (unpaired) electrons. The second-order valence-corrected chi connectivity index (χ2v) is 3.81. The minimum absolute atomic E-state index is 0.733. The lowest BCUT2D eigenvalue weighted by atomic mass is 10.2. The van der Waals surface area contributed by atoms with Crippen molar-refractivity contribution in [2.24, 2.45) is 0 Å². The van der Waals surface area contributed by atoms with Crippen molar-refractivity contribution in [2.75, 3.05) is 20.8 Å². The Labute approximate surface area is 103 Å². The van der Waals surface area contributed by atoms with Gasteiger partial charge in [0.2, 0.25) is 0 Å². The van der Waals surface area contributed by atoms with E-state index in [2.05, 4.69) is 17.8 Å². The number of methoxy groups -OCH3 is 2. The summed E-state index contributed by atoms with van der Waals surface area (Å²) in [5.41, 5.74) is 7.46. The fraction of sp³-hybridized carbons (Fsp3) is 0.538. The average Bonchev–Trinajstić information content (AvgIpc) is 2.38. The lowest BCUT2D eigenvalue weighted by Crippen LogP contribution is -2.31. The molecule has 17 heavy (non-hydrogen) atoms. The molecule has 1 aromatic rings. The Kier molecular flexibility index (Phi) is 6.43. The van der Waals surface area contributed by atoms with Crippen LogP contribution in [0.2, 0.25) is 0 Å². The van der Waals surface area contributed by atoms with Crippen molar-refractivity contribution < 1.29 is 9.47 Å². The maximum Gasteiger partial charge on any atom is 0.127 e. The molecular weight excluding hydrogens is 216 g/mol. The van der Waals surface area contributed by atoms with E-state index in [1.54, 1.807) is 14.2 Å². The van der Waals surface area contributed by atoms with Crippen LogP contribution in [0.3, 0.4) is 0 Å². The summed E-state index contributed by atoms with van der Waals surface area (Å²) in [4.78, 5) is 0. The second-order valence-electron chi connectivity index (χ2n) is 3.81. The molecule has 1 rings (SSSR count). The van der Waals surface area contributed by atoms with Crippen LogP contribution in [0.25, 0.3) is 0 Å². The Hall–Kier alpha value is -1.26. The van der Waals surface area contributed by atoms with Crippen LogP contribution >= 0.6 is 0 Å². The minimum Gasteiger partial charge on any atom is -0.497 e. The number of hydrogen-bond acceptors (Lipinski definition) is 4. The van der Waals surface area contributed by atoms with E-state index in [0.717, 1.165) is 30.2 Å². The van der Waals surface area contributed by atoms with Gasteiger partial charge in [0.1, 0.15) is 11.5 Å². The highest BCUT2D eigenvalue weighted by Crippen LogP contribution is 2.24. The third-order valence-corrected chi connectivity index (χ3v) is 2.55. The smallest absolute Gasteiger partial charge is 0.127 e. The summed E-state index contributed by atoms with van der Waals surface area (Å²) < 4.78 is 10.5. The number of ether oxygens (including phenoxy) is 2. The lowest BCUT2D eigenvalue weighted by molar-refractivity contribution is 0.388. The predicted molar refractivity (Wildman–Crippen MR) is 69.3 cm³/mol. The summed E-state index contributed by atoms with van der Waals surface area (Å²) in [6.45, 7) is 3.89. The molecule has 0 spiro atoms. The molecule has 0 atom stereocenters. The average molecular weight is 238 g/mol. The van der Waals surface area contributed by atoms with E-state index in [1.807, 2.05) is 18.2 Å². The van der Waals surface area contributed by atoms with Crippen molar-refractivity contribution in [2.45, 2.75) is 26.3 Å². The molecule has 0 unspecified atom stereocenters. The topological polar surface area (TPSA) is 42.5 Å². The van der Waals surface area contributed by atoms with Gasteiger partial charge >= 0.3 is 0 Å². The van der Waals surface area contributed by atoms with E-state index in [0.29, 0.717) is 0 Å². The van der Waals surface area contributed by atoms with Gasteiger partial charge in [-0.15, -0.1) is 0 Å². The normalized spacial score (nSPS) is 10.3. The van der Waals surface area contributed by atoms with Gasteiger partial charge in [-0.1, -0.05) is 19.4 Å². The third-order valence-electron chi connectivity index (χ3n) is 2.55. The number of hydrogen-bond donors (Lipinski definition) is 2. The number of nitrogens with one attached hydrogen (secondary N) is 2. The van der Waals surface area contributed by atoms with Crippen molar-refractivity contribution in [3.05, 3.63) is 23.8 Å². The molecule has 0 aromatic heterocycles. The van der Waals surface area contributed by atoms with E-state index in [-0.39, 0.29) is 0 Å². The molecule has 0 saturated heterocycles. The van der Waals surface area contributed by atoms with Crippen molar-refractivity contribution >= 4 is 0 Å². The van der Waals surface area contributed by atoms with Crippen LogP contribution in [0.15, 0.2) is 18.2 Å². The van der Waals surface area contributed by atoms with Gasteiger partial charge in [-0.2, -0.15) is 0 Å². The van der Waals surface area contributed by atoms with Gasteiger partial charge in [-0.05, 0) is 12.5 Å². The molecule has 0 aliphatic rings. The van der Waals surface area contributed by atoms with Gasteiger partial charge < -0.3 is 9.47 Å². The molecule has 0 bridgehead atoms. The van der Waals surface area contributed by atoms with Crippen LogP contribution in [0.1, 0.15) is 25.3 Å². The predicted octanol–water partition coefficient (Wildman–Crippen LogP) is 2.10. The Bertz CT molecular complexity index is 329. The summed E-state index contributed by atoms with van der Waals surface area (Å²) in [5.74, 6) is 1.65. The van der Waals surface area contributed by atoms with Crippen LogP contribution in [0.4, 0.5) is 0 Å². The molecule has 0 amide bonds. The Morgan fingerprint density at radius 2 is 1.94 bits per heavy atom. The SMILES string of the molecule is CCCCNNCc1ccc(OC)cc1OC. The highest BCUT2D eigenvalue weighted by Gasteiger charge is 2.04. The van der Waals surface area contributed by atoms with Crippen LogP contribution in [-0.4, -0.2) is 20.8 Å². The molecule has 0 saturated carbocycles. The first-order valence-electron chi connectivity index (χ1n) is 5.98. The Morgan fingerprint density at radius 1 is 1.12 bits per heavy atom. The van der Waals surface area contributed by atoms with Gasteiger partial charge in [-0.3, -0.25) is 10.9 Å². The first-order valence-corrected chi connectivity index (χ1v) is 5.98. The van der Waals surface area contributed by atoms with Gasteiger partial charge in [0.05, 0.1) is 14.2 Å². The summed E-state index contributed by atoms with van der Waals surface area (Å²) >= 11 is 0. The monoisotopic (exact) mass is 238 g/mol. The van der Waals surface area contributed by atoms with Gasteiger partial charge in [0, 0.05) is 24.7 Å². The van der Waals surface area contributed by atoms with Gasteiger partial charge in [0.15, 0.2) is 0 Å². The van der Waals surface area contributed by atoms with E-state index < -0.39 is 0 Å². The van der Waals surface area contributed by atoms with Crippen LogP contribution < -0.4 is 20.3 Å². The van der Waals surface area contributed by atoms with Crippen molar-refractivity contribution in [3.8, 4) is 11.5 Å². The molecule has 0 heterocycles. The van der Waals surface area contributed by atoms with Crippen molar-refractivity contribution in [1.29, 1.82) is 0 Å². The minimum atomic E-state index is 0.733. The Balaban J connectivity index is 2.46.